The first-order chi connectivity index (χ1) is 12.6. The SMILES string of the molecule is CN=C(NCc1ccccc1OC)NCC(CC(C)C)N1CCOCC1. The van der Waals surface area contributed by atoms with Gasteiger partial charge in [-0.1, -0.05) is 32.0 Å². The molecule has 1 fully saturated rings. The van der Waals surface area contributed by atoms with E-state index in [4.69, 9.17) is 9.47 Å². The minimum Gasteiger partial charge on any atom is -0.496 e. The van der Waals surface area contributed by atoms with Crippen LogP contribution in [0.25, 0.3) is 0 Å². The van der Waals surface area contributed by atoms with Gasteiger partial charge in [0.2, 0.25) is 0 Å². The Kier molecular flexibility index (Phi) is 8.71. The maximum Gasteiger partial charge on any atom is 0.191 e. The lowest BCUT2D eigenvalue weighted by Crippen LogP contribution is -2.50. The molecule has 26 heavy (non-hydrogen) atoms. The monoisotopic (exact) mass is 362 g/mol. The van der Waals surface area contributed by atoms with E-state index in [1.54, 1.807) is 7.11 Å². The highest BCUT2D eigenvalue weighted by Gasteiger charge is 2.22. The average molecular weight is 363 g/mol. The lowest BCUT2D eigenvalue weighted by atomic mass is 10.0. The molecule has 0 bridgehead atoms. The molecular formula is C20H34N4O2. The Morgan fingerprint density at radius 1 is 1.23 bits per heavy atom. The lowest BCUT2D eigenvalue weighted by Gasteiger charge is -2.35. The van der Waals surface area contributed by atoms with Gasteiger partial charge in [-0.3, -0.25) is 9.89 Å². The number of hydrogen-bond donors (Lipinski definition) is 2. The van der Waals surface area contributed by atoms with Crippen LogP contribution in [0.4, 0.5) is 0 Å². The van der Waals surface area contributed by atoms with Crippen molar-refractivity contribution in [3.63, 3.8) is 0 Å². The van der Waals surface area contributed by atoms with Crippen molar-refractivity contribution in [2.45, 2.75) is 32.9 Å². The largest absolute Gasteiger partial charge is 0.496 e. The van der Waals surface area contributed by atoms with Gasteiger partial charge in [0, 0.05) is 44.8 Å². The maximum atomic E-state index is 5.50. The number of benzene rings is 1. The Labute approximate surface area is 158 Å². The third-order valence-electron chi connectivity index (χ3n) is 4.67. The van der Waals surface area contributed by atoms with Gasteiger partial charge in [-0.05, 0) is 18.4 Å². The zero-order valence-electron chi connectivity index (χ0n) is 16.6. The Morgan fingerprint density at radius 3 is 2.62 bits per heavy atom. The fourth-order valence-corrected chi connectivity index (χ4v) is 3.31. The highest BCUT2D eigenvalue weighted by Crippen LogP contribution is 2.16. The topological polar surface area (TPSA) is 58.1 Å². The summed E-state index contributed by atoms with van der Waals surface area (Å²) in [6.07, 6.45) is 1.16. The van der Waals surface area contributed by atoms with Crippen LogP contribution in [-0.2, 0) is 11.3 Å². The first-order valence-electron chi connectivity index (χ1n) is 9.52. The standard InChI is InChI=1S/C20H34N4O2/c1-16(2)13-18(24-9-11-26-12-10-24)15-23-20(21-3)22-14-17-7-5-6-8-19(17)25-4/h5-8,16,18H,9-15H2,1-4H3,(H2,21,22,23). The van der Waals surface area contributed by atoms with Crippen LogP contribution in [0.15, 0.2) is 29.3 Å². The number of hydrogen-bond acceptors (Lipinski definition) is 4. The molecule has 1 aliphatic heterocycles. The van der Waals surface area contributed by atoms with Crippen LogP contribution >= 0.6 is 0 Å². The van der Waals surface area contributed by atoms with Crippen LogP contribution in [0, 0.1) is 5.92 Å². The number of para-hydroxylation sites is 1. The summed E-state index contributed by atoms with van der Waals surface area (Å²) in [6.45, 7) is 9.79. The highest BCUT2D eigenvalue weighted by atomic mass is 16.5. The van der Waals surface area contributed by atoms with Crippen molar-refractivity contribution in [3.8, 4) is 5.75 Å². The Hall–Kier alpha value is -1.79. The summed E-state index contributed by atoms with van der Waals surface area (Å²) in [5.41, 5.74) is 1.12. The second-order valence-corrected chi connectivity index (χ2v) is 7.05. The molecule has 2 rings (SSSR count). The first kappa shape index (κ1) is 20.5. The molecule has 0 aromatic heterocycles. The van der Waals surface area contributed by atoms with Gasteiger partial charge in [-0.25, -0.2) is 0 Å². The van der Waals surface area contributed by atoms with Gasteiger partial charge in [0.05, 0.1) is 20.3 Å². The summed E-state index contributed by atoms with van der Waals surface area (Å²) in [5, 5.41) is 6.88. The molecule has 1 aromatic carbocycles. The number of methoxy groups -OCH3 is 1. The van der Waals surface area contributed by atoms with Crippen molar-refractivity contribution in [1.29, 1.82) is 0 Å². The van der Waals surface area contributed by atoms with Crippen molar-refractivity contribution >= 4 is 5.96 Å². The predicted molar refractivity (Wildman–Crippen MR) is 107 cm³/mol. The van der Waals surface area contributed by atoms with Crippen molar-refractivity contribution in [3.05, 3.63) is 29.8 Å². The second kappa shape index (κ2) is 11.0. The van der Waals surface area contributed by atoms with Crippen LogP contribution < -0.4 is 15.4 Å². The van der Waals surface area contributed by atoms with Gasteiger partial charge >= 0.3 is 0 Å². The Bertz CT molecular complexity index is 556. The van der Waals surface area contributed by atoms with Crippen LogP contribution in [0.5, 0.6) is 5.75 Å². The van der Waals surface area contributed by atoms with Gasteiger partial charge < -0.3 is 20.1 Å². The fourth-order valence-electron chi connectivity index (χ4n) is 3.31. The maximum absolute atomic E-state index is 5.50. The van der Waals surface area contributed by atoms with E-state index in [-0.39, 0.29) is 0 Å². The number of ether oxygens (including phenoxy) is 2. The van der Waals surface area contributed by atoms with Gasteiger partial charge in [0.1, 0.15) is 5.75 Å². The van der Waals surface area contributed by atoms with E-state index in [1.807, 2.05) is 25.2 Å². The lowest BCUT2D eigenvalue weighted by molar-refractivity contribution is 0.0132. The summed E-state index contributed by atoms with van der Waals surface area (Å²) < 4.78 is 10.9. The van der Waals surface area contributed by atoms with Gasteiger partial charge in [0.25, 0.3) is 0 Å². The second-order valence-electron chi connectivity index (χ2n) is 7.05. The van der Waals surface area contributed by atoms with Crippen molar-refractivity contribution in [1.82, 2.24) is 15.5 Å². The molecule has 6 heteroatoms. The van der Waals surface area contributed by atoms with E-state index >= 15 is 0 Å². The molecule has 1 heterocycles. The summed E-state index contributed by atoms with van der Waals surface area (Å²) in [7, 11) is 3.51. The van der Waals surface area contributed by atoms with Crippen LogP contribution in [0.3, 0.4) is 0 Å². The van der Waals surface area contributed by atoms with E-state index in [2.05, 4.69) is 40.4 Å². The molecule has 1 saturated heterocycles. The number of rotatable bonds is 8. The summed E-state index contributed by atoms with van der Waals surface area (Å²) in [6, 6.07) is 8.53. The number of morpholine rings is 1. The molecule has 1 aliphatic rings. The summed E-state index contributed by atoms with van der Waals surface area (Å²) in [5.74, 6) is 2.37. The van der Waals surface area contributed by atoms with Gasteiger partial charge in [0.15, 0.2) is 5.96 Å². The quantitative estimate of drug-likeness (QED) is 0.548. The third kappa shape index (κ3) is 6.50. The van der Waals surface area contributed by atoms with Crippen LogP contribution in [0.1, 0.15) is 25.8 Å². The normalized spacial score (nSPS) is 17.2. The van der Waals surface area contributed by atoms with E-state index in [0.717, 1.165) is 56.5 Å². The molecule has 0 amide bonds. The summed E-state index contributed by atoms with van der Waals surface area (Å²) in [4.78, 5) is 6.90. The zero-order chi connectivity index (χ0) is 18.8. The molecule has 146 valence electrons. The van der Waals surface area contributed by atoms with Crippen LogP contribution in [0.2, 0.25) is 0 Å². The number of nitrogens with zero attached hydrogens (tertiary/aromatic N) is 2. The van der Waals surface area contributed by atoms with Gasteiger partial charge in [-0.2, -0.15) is 0 Å². The number of nitrogens with one attached hydrogen (secondary N) is 2. The summed E-state index contributed by atoms with van der Waals surface area (Å²) >= 11 is 0. The minimum absolute atomic E-state index is 0.490. The van der Waals surface area contributed by atoms with E-state index in [9.17, 15) is 0 Å². The average Bonchev–Trinajstić information content (AvgIpc) is 2.67. The molecule has 1 atom stereocenters. The van der Waals surface area contributed by atoms with E-state index in [0.29, 0.717) is 18.5 Å². The minimum atomic E-state index is 0.490. The predicted octanol–water partition coefficient (Wildman–Crippen LogP) is 2.11. The smallest absolute Gasteiger partial charge is 0.191 e. The molecule has 0 radical (unpaired) electrons. The number of guanidine groups is 1. The molecule has 0 spiro atoms. The molecular weight excluding hydrogens is 328 g/mol. The molecule has 1 unspecified atom stereocenters. The highest BCUT2D eigenvalue weighted by molar-refractivity contribution is 5.79. The zero-order valence-corrected chi connectivity index (χ0v) is 16.6. The molecule has 0 aliphatic carbocycles. The van der Waals surface area contributed by atoms with Crippen LogP contribution in [-0.4, -0.2) is 63.9 Å². The molecule has 1 aromatic rings. The first-order valence-corrected chi connectivity index (χ1v) is 9.52. The molecule has 2 N–H and O–H groups in total. The fraction of sp³-hybridized carbons (Fsp3) is 0.650. The Balaban J connectivity index is 1.88. The van der Waals surface area contributed by atoms with Crippen molar-refractivity contribution in [2.75, 3.05) is 47.0 Å². The van der Waals surface area contributed by atoms with Crippen molar-refractivity contribution in [2.24, 2.45) is 10.9 Å². The Morgan fingerprint density at radius 2 is 1.96 bits per heavy atom. The van der Waals surface area contributed by atoms with Crippen molar-refractivity contribution < 1.29 is 9.47 Å². The number of aliphatic imine (C=N–C) groups is 1. The molecule has 0 saturated carbocycles. The third-order valence-corrected chi connectivity index (χ3v) is 4.67. The molecule has 6 nitrogen and oxygen atoms in total. The van der Waals surface area contributed by atoms with Gasteiger partial charge in [-0.15, -0.1) is 0 Å². The van der Waals surface area contributed by atoms with E-state index in [1.165, 1.54) is 0 Å². The van der Waals surface area contributed by atoms with E-state index < -0.39 is 0 Å².